The van der Waals surface area contributed by atoms with E-state index in [1.807, 2.05) is 24.8 Å². The smallest absolute Gasteiger partial charge is 0.244 e. The molecule has 0 saturated carbocycles. The second-order valence-electron chi connectivity index (χ2n) is 7.51. The molecule has 0 saturated heterocycles. The van der Waals surface area contributed by atoms with Gasteiger partial charge in [-0.2, -0.15) is 0 Å². The number of carbonyl (C=O) groups is 1. The number of aliphatic imine (C=N–C) groups is 1. The number of nitrogens with one attached hydrogen (secondary N) is 2. The van der Waals surface area contributed by atoms with E-state index >= 15 is 0 Å². The van der Waals surface area contributed by atoms with Crippen LogP contribution in [0.4, 0.5) is 0 Å². The second-order valence-corrected chi connectivity index (χ2v) is 7.51. The molecule has 2 aromatic carbocycles. The summed E-state index contributed by atoms with van der Waals surface area (Å²) in [6.07, 6.45) is 1.75. The van der Waals surface area contributed by atoms with Crippen LogP contribution in [0.2, 0.25) is 0 Å². The molecule has 1 aliphatic rings. The quantitative estimate of drug-likeness (QED) is 0.546. The van der Waals surface area contributed by atoms with Gasteiger partial charge in [-0.05, 0) is 55.0 Å². The molecule has 6 heteroatoms. The van der Waals surface area contributed by atoms with E-state index in [1.54, 1.807) is 7.11 Å². The Morgan fingerprint density at radius 1 is 1.17 bits per heavy atom. The summed E-state index contributed by atoms with van der Waals surface area (Å²) in [5.41, 5.74) is 4.90. The SMILES string of the molecule is CCNC(=NCC(=O)N1CCc2ccccc2C1)NCCc1ccc(C)c(OC)c1. The summed E-state index contributed by atoms with van der Waals surface area (Å²) in [6, 6.07) is 14.6. The first kappa shape index (κ1) is 21.7. The van der Waals surface area contributed by atoms with E-state index in [0.29, 0.717) is 12.5 Å². The van der Waals surface area contributed by atoms with Crippen molar-refractivity contribution in [3.63, 3.8) is 0 Å². The molecule has 2 aromatic rings. The zero-order valence-corrected chi connectivity index (χ0v) is 18.2. The van der Waals surface area contributed by atoms with E-state index in [1.165, 1.54) is 16.7 Å². The van der Waals surface area contributed by atoms with Gasteiger partial charge in [0.25, 0.3) is 0 Å². The lowest BCUT2D eigenvalue weighted by molar-refractivity contribution is -0.130. The molecule has 1 aliphatic heterocycles. The highest BCUT2D eigenvalue weighted by atomic mass is 16.5. The van der Waals surface area contributed by atoms with E-state index in [0.717, 1.165) is 43.8 Å². The zero-order chi connectivity index (χ0) is 21.3. The van der Waals surface area contributed by atoms with Gasteiger partial charge in [-0.25, -0.2) is 4.99 Å². The minimum atomic E-state index is 0.0602. The van der Waals surface area contributed by atoms with Crippen molar-refractivity contribution >= 4 is 11.9 Å². The van der Waals surface area contributed by atoms with E-state index < -0.39 is 0 Å². The van der Waals surface area contributed by atoms with Crippen LogP contribution in [0.1, 0.15) is 29.2 Å². The van der Waals surface area contributed by atoms with E-state index in [4.69, 9.17) is 4.74 Å². The van der Waals surface area contributed by atoms with Crippen LogP contribution < -0.4 is 15.4 Å². The molecule has 0 unspecified atom stereocenters. The number of amides is 1. The molecule has 1 amide bonds. The lowest BCUT2D eigenvalue weighted by Gasteiger charge is -2.28. The average Bonchev–Trinajstić information content (AvgIpc) is 2.78. The van der Waals surface area contributed by atoms with Crippen molar-refractivity contribution in [3.8, 4) is 5.75 Å². The van der Waals surface area contributed by atoms with Crippen molar-refractivity contribution in [1.29, 1.82) is 0 Å². The highest BCUT2D eigenvalue weighted by molar-refractivity contribution is 5.85. The van der Waals surface area contributed by atoms with Crippen LogP contribution in [-0.2, 0) is 24.2 Å². The summed E-state index contributed by atoms with van der Waals surface area (Å²) in [5.74, 6) is 1.63. The first-order chi connectivity index (χ1) is 14.6. The van der Waals surface area contributed by atoms with Crippen molar-refractivity contribution < 1.29 is 9.53 Å². The third kappa shape index (κ3) is 5.75. The highest BCUT2D eigenvalue weighted by Crippen LogP contribution is 2.19. The van der Waals surface area contributed by atoms with E-state index in [2.05, 4.69) is 52.0 Å². The average molecular weight is 409 g/mol. The van der Waals surface area contributed by atoms with Crippen molar-refractivity contribution in [1.82, 2.24) is 15.5 Å². The van der Waals surface area contributed by atoms with Crippen LogP contribution >= 0.6 is 0 Å². The van der Waals surface area contributed by atoms with Gasteiger partial charge in [0.2, 0.25) is 5.91 Å². The standard InChI is InChI=1S/C24H32N4O2/c1-4-25-24(26-13-11-19-10-9-18(2)22(15-19)30-3)27-16-23(29)28-14-12-20-7-5-6-8-21(20)17-28/h5-10,15H,4,11-14,16-17H2,1-3H3,(H2,25,26,27). The number of hydrogen-bond donors (Lipinski definition) is 2. The maximum Gasteiger partial charge on any atom is 0.244 e. The Kier molecular flexibility index (Phi) is 7.71. The lowest BCUT2D eigenvalue weighted by Crippen LogP contribution is -2.41. The van der Waals surface area contributed by atoms with Crippen LogP contribution in [0.15, 0.2) is 47.5 Å². The molecular formula is C24H32N4O2. The van der Waals surface area contributed by atoms with Crippen molar-refractivity contribution in [2.45, 2.75) is 33.2 Å². The third-order valence-corrected chi connectivity index (χ3v) is 5.38. The van der Waals surface area contributed by atoms with E-state index in [-0.39, 0.29) is 12.5 Å². The predicted octanol–water partition coefficient (Wildman–Crippen LogP) is 2.69. The molecule has 0 aliphatic carbocycles. The Balaban J connectivity index is 1.52. The molecule has 0 atom stereocenters. The molecule has 3 rings (SSSR count). The van der Waals surface area contributed by atoms with Gasteiger partial charge in [0.1, 0.15) is 12.3 Å². The first-order valence-corrected chi connectivity index (χ1v) is 10.6. The minimum Gasteiger partial charge on any atom is -0.496 e. The molecular weight excluding hydrogens is 376 g/mol. The number of guanidine groups is 1. The fraction of sp³-hybridized carbons (Fsp3) is 0.417. The van der Waals surface area contributed by atoms with Gasteiger partial charge in [0, 0.05) is 26.2 Å². The predicted molar refractivity (Wildman–Crippen MR) is 121 cm³/mol. The zero-order valence-electron chi connectivity index (χ0n) is 18.2. The number of carbonyl (C=O) groups excluding carboxylic acids is 1. The number of nitrogens with zero attached hydrogens (tertiary/aromatic N) is 2. The first-order valence-electron chi connectivity index (χ1n) is 10.6. The van der Waals surface area contributed by atoms with Crippen molar-refractivity contribution in [2.75, 3.05) is 33.3 Å². The molecule has 2 N–H and O–H groups in total. The Morgan fingerprint density at radius 3 is 2.73 bits per heavy atom. The summed E-state index contributed by atoms with van der Waals surface area (Å²) in [7, 11) is 1.69. The molecule has 0 radical (unpaired) electrons. The molecule has 30 heavy (non-hydrogen) atoms. The van der Waals surface area contributed by atoms with Crippen molar-refractivity contribution in [3.05, 3.63) is 64.7 Å². The second kappa shape index (κ2) is 10.7. The van der Waals surface area contributed by atoms with Crippen LogP contribution in [0, 0.1) is 6.92 Å². The number of hydrogen-bond acceptors (Lipinski definition) is 3. The fourth-order valence-corrected chi connectivity index (χ4v) is 3.64. The molecule has 1 heterocycles. The number of benzene rings is 2. The van der Waals surface area contributed by atoms with Gasteiger partial charge in [-0.1, -0.05) is 36.4 Å². The number of ether oxygens (including phenoxy) is 1. The number of fused-ring (bicyclic) bond motifs is 1. The summed E-state index contributed by atoms with van der Waals surface area (Å²) in [4.78, 5) is 19.1. The van der Waals surface area contributed by atoms with E-state index in [9.17, 15) is 4.79 Å². The molecule has 160 valence electrons. The molecule has 0 fully saturated rings. The van der Waals surface area contributed by atoms with Crippen LogP contribution in [0.25, 0.3) is 0 Å². The molecule has 0 spiro atoms. The third-order valence-electron chi connectivity index (χ3n) is 5.38. The Morgan fingerprint density at radius 2 is 1.97 bits per heavy atom. The number of aryl methyl sites for hydroxylation is 1. The Bertz CT molecular complexity index is 895. The minimum absolute atomic E-state index is 0.0602. The maximum atomic E-state index is 12.7. The normalized spacial score (nSPS) is 13.6. The summed E-state index contributed by atoms with van der Waals surface area (Å²) >= 11 is 0. The van der Waals surface area contributed by atoms with Crippen LogP contribution in [0.5, 0.6) is 5.75 Å². The van der Waals surface area contributed by atoms with Gasteiger partial charge < -0.3 is 20.3 Å². The summed E-state index contributed by atoms with van der Waals surface area (Å²) < 4.78 is 5.40. The molecule has 0 bridgehead atoms. The van der Waals surface area contributed by atoms with Gasteiger partial charge in [0.15, 0.2) is 5.96 Å². The van der Waals surface area contributed by atoms with Crippen molar-refractivity contribution in [2.24, 2.45) is 4.99 Å². The number of methoxy groups -OCH3 is 1. The summed E-state index contributed by atoms with van der Waals surface area (Å²) in [6.45, 7) is 7.10. The van der Waals surface area contributed by atoms with Crippen LogP contribution in [-0.4, -0.2) is 50.1 Å². The van der Waals surface area contributed by atoms with Gasteiger partial charge >= 0.3 is 0 Å². The van der Waals surface area contributed by atoms with Crippen LogP contribution in [0.3, 0.4) is 0 Å². The molecule has 6 nitrogen and oxygen atoms in total. The highest BCUT2D eigenvalue weighted by Gasteiger charge is 2.19. The maximum absolute atomic E-state index is 12.7. The lowest BCUT2D eigenvalue weighted by atomic mass is 10.00. The fourth-order valence-electron chi connectivity index (χ4n) is 3.64. The van der Waals surface area contributed by atoms with Gasteiger partial charge in [-0.15, -0.1) is 0 Å². The Hall–Kier alpha value is -3.02. The largest absolute Gasteiger partial charge is 0.496 e. The van der Waals surface area contributed by atoms with Gasteiger partial charge in [0.05, 0.1) is 7.11 Å². The summed E-state index contributed by atoms with van der Waals surface area (Å²) in [5, 5.41) is 6.54. The Labute approximate surface area is 179 Å². The number of rotatable bonds is 7. The molecule has 0 aromatic heterocycles. The topological polar surface area (TPSA) is 66.0 Å². The monoisotopic (exact) mass is 408 g/mol. The van der Waals surface area contributed by atoms with Gasteiger partial charge in [-0.3, -0.25) is 4.79 Å².